The molecule has 2 amide bonds. The first kappa shape index (κ1) is 14.4. The number of primary amides is 1. The van der Waals surface area contributed by atoms with Crippen molar-refractivity contribution in [3.05, 3.63) is 59.5 Å². The summed E-state index contributed by atoms with van der Waals surface area (Å²) < 4.78 is 5.80. The predicted molar refractivity (Wildman–Crippen MR) is 83.0 cm³/mol. The number of furan rings is 1. The third-order valence-electron chi connectivity index (χ3n) is 3.84. The second kappa shape index (κ2) is 6.07. The Labute approximate surface area is 128 Å². The first-order valence-corrected chi connectivity index (χ1v) is 7.22. The molecule has 1 aliphatic carbocycles. The van der Waals surface area contributed by atoms with Crippen molar-refractivity contribution in [1.82, 2.24) is 5.06 Å². The molecule has 0 radical (unpaired) electrons. The van der Waals surface area contributed by atoms with E-state index in [2.05, 4.69) is 0 Å². The van der Waals surface area contributed by atoms with E-state index in [1.54, 1.807) is 0 Å². The monoisotopic (exact) mass is 298 g/mol. The van der Waals surface area contributed by atoms with Crippen molar-refractivity contribution in [2.75, 3.05) is 6.54 Å². The maximum atomic E-state index is 10.8. The normalized spacial score (nSPS) is 20.2. The van der Waals surface area contributed by atoms with Crippen LogP contribution in [0.1, 0.15) is 29.4 Å². The average Bonchev–Trinajstić information content (AvgIpc) is 3.12. The average molecular weight is 298 g/mol. The first-order chi connectivity index (χ1) is 10.6. The van der Waals surface area contributed by atoms with E-state index in [-0.39, 0.29) is 18.4 Å². The Morgan fingerprint density at radius 1 is 1.27 bits per heavy atom. The van der Waals surface area contributed by atoms with Crippen molar-refractivity contribution in [3.8, 4) is 0 Å². The molecule has 2 aromatic rings. The maximum absolute atomic E-state index is 10.8. The zero-order valence-electron chi connectivity index (χ0n) is 12.1. The number of carbonyl (C=O) groups is 1. The molecule has 2 unspecified atom stereocenters. The summed E-state index contributed by atoms with van der Waals surface area (Å²) in [6, 6.07) is 13.1. The molecular weight excluding hydrogens is 280 g/mol. The van der Waals surface area contributed by atoms with Gasteiger partial charge in [0.2, 0.25) is 0 Å². The summed E-state index contributed by atoms with van der Waals surface area (Å²) in [5, 5.41) is 9.89. The van der Waals surface area contributed by atoms with Gasteiger partial charge in [-0.05, 0) is 36.1 Å². The van der Waals surface area contributed by atoms with Gasteiger partial charge in [-0.25, -0.2) is 9.86 Å². The number of hydrogen-bond donors (Lipinski definition) is 2. The highest BCUT2D eigenvalue weighted by Crippen LogP contribution is 2.48. The van der Waals surface area contributed by atoms with E-state index in [4.69, 9.17) is 10.2 Å². The molecule has 1 fully saturated rings. The Hall–Kier alpha value is -2.53. The molecule has 5 heteroatoms. The fourth-order valence-electron chi connectivity index (χ4n) is 2.51. The summed E-state index contributed by atoms with van der Waals surface area (Å²) in [7, 11) is 0. The van der Waals surface area contributed by atoms with Crippen LogP contribution in [0, 0.1) is 5.92 Å². The van der Waals surface area contributed by atoms with Gasteiger partial charge in [0, 0.05) is 5.92 Å². The molecule has 1 aromatic heterocycles. The Morgan fingerprint density at radius 3 is 2.77 bits per heavy atom. The highest BCUT2D eigenvalue weighted by molar-refractivity contribution is 5.70. The molecule has 0 aliphatic heterocycles. The number of nitrogens with zero attached hydrogens (tertiary/aromatic N) is 1. The molecule has 0 saturated heterocycles. The molecule has 1 heterocycles. The second-order valence-electron chi connectivity index (χ2n) is 5.51. The number of hydrogen-bond acceptors (Lipinski definition) is 3. The van der Waals surface area contributed by atoms with Crippen molar-refractivity contribution < 1.29 is 14.4 Å². The quantitative estimate of drug-likeness (QED) is 0.656. The van der Waals surface area contributed by atoms with Gasteiger partial charge in [0.1, 0.15) is 11.5 Å². The van der Waals surface area contributed by atoms with Crippen LogP contribution in [0.3, 0.4) is 0 Å². The number of hydroxylamine groups is 2. The smallest absolute Gasteiger partial charge is 0.338 e. The van der Waals surface area contributed by atoms with E-state index in [1.165, 1.54) is 0 Å². The summed E-state index contributed by atoms with van der Waals surface area (Å²) in [5.74, 6) is 2.12. The SMILES string of the molecule is NC(=O)N(O)CC1CC1c1ccc(C=Cc2ccccc2)o1. The Morgan fingerprint density at radius 2 is 2.05 bits per heavy atom. The molecule has 5 nitrogen and oxygen atoms in total. The minimum absolute atomic E-state index is 0.203. The van der Waals surface area contributed by atoms with Gasteiger partial charge < -0.3 is 10.2 Å². The molecule has 2 atom stereocenters. The Bertz CT molecular complexity index is 678. The lowest BCUT2D eigenvalue weighted by atomic mass is 10.2. The van der Waals surface area contributed by atoms with Crippen molar-refractivity contribution in [2.45, 2.75) is 12.3 Å². The second-order valence-corrected chi connectivity index (χ2v) is 5.51. The van der Waals surface area contributed by atoms with Crippen LogP contribution in [-0.4, -0.2) is 22.8 Å². The third kappa shape index (κ3) is 3.38. The van der Waals surface area contributed by atoms with E-state index >= 15 is 0 Å². The van der Waals surface area contributed by atoms with Crippen LogP contribution in [0.4, 0.5) is 4.79 Å². The third-order valence-corrected chi connectivity index (χ3v) is 3.84. The van der Waals surface area contributed by atoms with E-state index in [0.717, 1.165) is 23.5 Å². The summed E-state index contributed by atoms with van der Waals surface area (Å²) >= 11 is 0. The molecular formula is C17H18N2O3. The van der Waals surface area contributed by atoms with Gasteiger partial charge in [-0.2, -0.15) is 0 Å². The fourth-order valence-corrected chi connectivity index (χ4v) is 2.51. The molecule has 114 valence electrons. The van der Waals surface area contributed by atoms with Crippen LogP contribution in [0.5, 0.6) is 0 Å². The molecule has 22 heavy (non-hydrogen) atoms. The number of carbonyl (C=O) groups excluding carboxylic acids is 1. The van der Waals surface area contributed by atoms with Crippen molar-refractivity contribution >= 4 is 18.2 Å². The van der Waals surface area contributed by atoms with Gasteiger partial charge >= 0.3 is 6.03 Å². The van der Waals surface area contributed by atoms with E-state index in [0.29, 0.717) is 5.06 Å². The molecule has 1 saturated carbocycles. The summed E-state index contributed by atoms with van der Waals surface area (Å²) in [4.78, 5) is 10.8. The van der Waals surface area contributed by atoms with Gasteiger partial charge in [-0.15, -0.1) is 0 Å². The zero-order valence-corrected chi connectivity index (χ0v) is 12.1. The van der Waals surface area contributed by atoms with Crippen molar-refractivity contribution in [3.63, 3.8) is 0 Å². The number of amides is 2. The van der Waals surface area contributed by atoms with Crippen LogP contribution in [0.2, 0.25) is 0 Å². The van der Waals surface area contributed by atoms with Crippen molar-refractivity contribution in [2.24, 2.45) is 11.7 Å². The van der Waals surface area contributed by atoms with Gasteiger partial charge in [0.05, 0.1) is 6.54 Å². The molecule has 0 spiro atoms. The van der Waals surface area contributed by atoms with Gasteiger partial charge in [-0.1, -0.05) is 36.4 Å². The van der Waals surface area contributed by atoms with Crippen LogP contribution in [0.25, 0.3) is 12.2 Å². The van der Waals surface area contributed by atoms with Gasteiger partial charge in [-0.3, -0.25) is 5.21 Å². The number of nitrogens with two attached hydrogens (primary N) is 1. The van der Waals surface area contributed by atoms with E-state index < -0.39 is 6.03 Å². The van der Waals surface area contributed by atoms with Crippen molar-refractivity contribution in [1.29, 1.82) is 0 Å². The summed E-state index contributed by atoms with van der Waals surface area (Å²) in [6.07, 6.45) is 4.81. The lowest BCUT2D eigenvalue weighted by Gasteiger charge is -2.10. The zero-order chi connectivity index (χ0) is 15.5. The standard InChI is InChI=1S/C17H18N2O3/c18-17(20)19(21)11-13-10-15(13)16-9-8-14(22-16)7-6-12-4-2-1-3-5-12/h1-9,13,15,21H,10-11H2,(H2,18,20). The first-order valence-electron chi connectivity index (χ1n) is 7.22. The minimum atomic E-state index is -0.823. The topological polar surface area (TPSA) is 79.7 Å². The molecule has 3 rings (SSSR count). The van der Waals surface area contributed by atoms with Crippen LogP contribution < -0.4 is 5.73 Å². The lowest BCUT2D eigenvalue weighted by molar-refractivity contribution is -0.0433. The van der Waals surface area contributed by atoms with Crippen LogP contribution in [0.15, 0.2) is 46.9 Å². The number of benzene rings is 1. The summed E-state index contributed by atoms with van der Waals surface area (Å²) in [6.45, 7) is 0.246. The summed E-state index contributed by atoms with van der Waals surface area (Å²) in [5.41, 5.74) is 6.11. The fraction of sp³-hybridized carbons (Fsp3) is 0.235. The molecule has 1 aliphatic rings. The lowest BCUT2D eigenvalue weighted by Crippen LogP contribution is -2.34. The maximum Gasteiger partial charge on any atom is 0.338 e. The van der Waals surface area contributed by atoms with Gasteiger partial charge in [0.15, 0.2) is 0 Å². The van der Waals surface area contributed by atoms with Crippen LogP contribution in [-0.2, 0) is 0 Å². The Kier molecular flexibility index (Phi) is 3.98. The molecule has 3 N–H and O–H groups in total. The number of rotatable bonds is 5. The highest BCUT2D eigenvalue weighted by Gasteiger charge is 2.42. The largest absolute Gasteiger partial charge is 0.461 e. The Balaban J connectivity index is 1.59. The van der Waals surface area contributed by atoms with Crippen LogP contribution >= 0.6 is 0 Å². The highest BCUT2D eigenvalue weighted by atomic mass is 16.5. The van der Waals surface area contributed by atoms with E-state index in [1.807, 2.05) is 54.6 Å². The predicted octanol–water partition coefficient (Wildman–Crippen LogP) is 3.32. The molecule has 0 bridgehead atoms. The van der Waals surface area contributed by atoms with Gasteiger partial charge in [0.25, 0.3) is 0 Å². The minimum Gasteiger partial charge on any atom is -0.461 e. The van der Waals surface area contributed by atoms with E-state index in [9.17, 15) is 10.0 Å². The molecule has 1 aromatic carbocycles. The number of urea groups is 1.